The maximum absolute atomic E-state index is 14.7. The number of halogens is 1. The fraction of sp³-hybridized carbons (Fsp3) is 0.208. The number of terminal acetylenes is 1. The SMILES string of the molecule is C#Cc1ccc2c(c1)C(c1ccccc1F)=NC(C)c1c(C(=O)NC3CC3)ncn1-2. The van der Waals surface area contributed by atoms with Gasteiger partial charge in [0, 0.05) is 22.7 Å². The molecule has 0 saturated heterocycles. The molecular weight excluding hydrogens is 379 g/mol. The van der Waals surface area contributed by atoms with Crippen LogP contribution < -0.4 is 5.32 Å². The highest BCUT2D eigenvalue weighted by molar-refractivity contribution is 6.15. The number of amides is 1. The van der Waals surface area contributed by atoms with Crippen molar-refractivity contribution in [3.8, 4) is 18.0 Å². The Labute approximate surface area is 173 Å². The van der Waals surface area contributed by atoms with Crippen molar-refractivity contribution in [3.05, 3.63) is 82.7 Å². The van der Waals surface area contributed by atoms with Gasteiger partial charge in [0.25, 0.3) is 5.91 Å². The predicted octanol–water partition coefficient (Wildman–Crippen LogP) is 3.80. The number of hydrogen-bond acceptors (Lipinski definition) is 3. The Bertz CT molecular complexity index is 1250. The first-order valence-corrected chi connectivity index (χ1v) is 9.89. The zero-order valence-electron chi connectivity index (χ0n) is 16.4. The number of carbonyl (C=O) groups is 1. The maximum Gasteiger partial charge on any atom is 0.272 e. The number of rotatable bonds is 3. The Hall–Kier alpha value is -3.72. The van der Waals surface area contributed by atoms with Crippen molar-refractivity contribution in [2.75, 3.05) is 0 Å². The highest BCUT2D eigenvalue weighted by atomic mass is 19.1. The summed E-state index contributed by atoms with van der Waals surface area (Å²) in [5.41, 5.74) is 4.04. The van der Waals surface area contributed by atoms with Crippen molar-refractivity contribution in [1.82, 2.24) is 14.9 Å². The summed E-state index contributed by atoms with van der Waals surface area (Å²) < 4.78 is 16.6. The number of nitrogens with one attached hydrogen (secondary N) is 1. The number of nitrogens with zero attached hydrogens (tertiary/aromatic N) is 3. The zero-order valence-corrected chi connectivity index (χ0v) is 16.4. The van der Waals surface area contributed by atoms with E-state index in [-0.39, 0.29) is 17.8 Å². The molecule has 1 atom stereocenters. The molecule has 1 aliphatic heterocycles. The Morgan fingerprint density at radius 3 is 2.77 bits per heavy atom. The van der Waals surface area contributed by atoms with Crippen LogP contribution in [0.5, 0.6) is 0 Å². The molecule has 1 fully saturated rings. The molecule has 148 valence electrons. The molecule has 1 aromatic heterocycles. The Morgan fingerprint density at radius 2 is 2.03 bits per heavy atom. The average Bonchev–Trinajstić information content (AvgIpc) is 3.47. The van der Waals surface area contributed by atoms with Crippen molar-refractivity contribution in [2.45, 2.75) is 31.8 Å². The quantitative estimate of drug-likeness (QED) is 0.683. The molecular formula is C24H19FN4O. The van der Waals surface area contributed by atoms with Crippen LogP contribution in [0.1, 0.15) is 58.7 Å². The summed E-state index contributed by atoms with van der Waals surface area (Å²) in [6.07, 6.45) is 9.23. The maximum atomic E-state index is 14.7. The molecule has 2 aliphatic rings. The second-order valence-corrected chi connectivity index (χ2v) is 7.61. The van der Waals surface area contributed by atoms with E-state index in [0.717, 1.165) is 18.5 Å². The van der Waals surface area contributed by atoms with Crippen molar-refractivity contribution in [1.29, 1.82) is 0 Å². The van der Waals surface area contributed by atoms with Gasteiger partial charge < -0.3 is 5.32 Å². The van der Waals surface area contributed by atoms with E-state index in [2.05, 4.69) is 16.2 Å². The van der Waals surface area contributed by atoms with E-state index >= 15 is 0 Å². The smallest absolute Gasteiger partial charge is 0.272 e. The van der Waals surface area contributed by atoms with Crippen LogP contribution in [0.2, 0.25) is 0 Å². The van der Waals surface area contributed by atoms with Gasteiger partial charge in [-0.2, -0.15) is 0 Å². The van der Waals surface area contributed by atoms with Crippen LogP contribution in [0.3, 0.4) is 0 Å². The number of fused-ring (bicyclic) bond motifs is 3. The first kappa shape index (κ1) is 18.3. The summed E-state index contributed by atoms with van der Waals surface area (Å²) in [7, 11) is 0. The second-order valence-electron chi connectivity index (χ2n) is 7.61. The van der Waals surface area contributed by atoms with Crippen LogP contribution in [-0.4, -0.2) is 27.2 Å². The van der Waals surface area contributed by atoms with E-state index in [9.17, 15) is 9.18 Å². The number of aliphatic imine (C=N–C) groups is 1. The second kappa shape index (κ2) is 6.96. The van der Waals surface area contributed by atoms with Gasteiger partial charge in [-0.3, -0.25) is 14.4 Å². The highest BCUT2D eigenvalue weighted by Gasteiger charge is 2.31. The van der Waals surface area contributed by atoms with E-state index in [1.165, 1.54) is 6.07 Å². The van der Waals surface area contributed by atoms with Gasteiger partial charge in [-0.05, 0) is 50.1 Å². The fourth-order valence-electron chi connectivity index (χ4n) is 3.82. The average molecular weight is 398 g/mol. The minimum absolute atomic E-state index is 0.204. The lowest BCUT2D eigenvalue weighted by atomic mass is 9.98. The number of imidazole rings is 1. The van der Waals surface area contributed by atoms with E-state index in [1.54, 1.807) is 24.5 Å². The van der Waals surface area contributed by atoms with Crippen LogP contribution in [-0.2, 0) is 0 Å². The summed E-state index contributed by atoms with van der Waals surface area (Å²) in [5.74, 6) is 2.07. The molecule has 2 heterocycles. The molecule has 0 spiro atoms. The lowest BCUT2D eigenvalue weighted by Crippen LogP contribution is -2.27. The first-order chi connectivity index (χ1) is 14.6. The minimum Gasteiger partial charge on any atom is -0.348 e. The van der Waals surface area contributed by atoms with Crippen molar-refractivity contribution in [2.24, 2.45) is 4.99 Å². The normalized spacial score (nSPS) is 17.2. The Morgan fingerprint density at radius 1 is 1.23 bits per heavy atom. The van der Waals surface area contributed by atoms with Crippen LogP contribution >= 0.6 is 0 Å². The van der Waals surface area contributed by atoms with E-state index in [1.807, 2.05) is 29.7 Å². The van der Waals surface area contributed by atoms with Gasteiger partial charge in [-0.25, -0.2) is 9.37 Å². The van der Waals surface area contributed by atoms with E-state index in [0.29, 0.717) is 33.8 Å². The molecule has 0 bridgehead atoms. The van der Waals surface area contributed by atoms with Crippen LogP contribution in [0.4, 0.5) is 4.39 Å². The third-order valence-corrected chi connectivity index (χ3v) is 5.46. The fourth-order valence-corrected chi connectivity index (χ4v) is 3.82. The Balaban J connectivity index is 1.74. The summed E-state index contributed by atoms with van der Waals surface area (Å²) in [6, 6.07) is 11.9. The number of hydrogen-bond donors (Lipinski definition) is 1. The molecule has 5 rings (SSSR count). The van der Waals surface area contributed by atoms with Gasteiger partial charge >= 0.3 is 0 Å². The number of carbonyl (C=O) groups excluding carboxylic acids is 1. The number of benzene rings is 2. The highest BCUT2D eigenvalue weighted by Crippen LogP contribution is 2.33. The molecule has 5 nitrogen and oxygen atoms in total. The lowest BCUT2D eigenvalue weighted by Gasteiger charge is -2.13. The first-order valence-electron chi connectivity index (χ1n) is 9.89. The standard InChI is InChI=1S/C24H19FN4O/c1-3-15-8-11-20-18(12-15)21(17-6-4-5-7-19(17)25)27-14(2)23-22(26-13-29(20)23)24(30)28-16-9-10-16/h1,4-8,11-14,16H,9-10H2,2H3,(H,28,30). The van der Waals surface area contributed by atoms with Gasteiger partial charge in [0.15, 0.2) is 5.69 Å². The molecule has 3 aromatic rings. The molecule has 1 aliphatic carbocycles. The molecule has 30 heavy (non-hydrogen) atoms. The van der Waals surface area contributed by atoms with Crippen LogP contribution in [0, 0.1) is 18.2 Å². The molecule has 1 amide bonds. The summed E-state index contributed by atoms with van der Waals surface area (Å²) >= 11 is 0. The van der Waals surface area contributed by atoms with E-state index < -0.39 is 6.04 Å². The van der Waals surface area contributed by atoms with Crippen molar-refractivity contribution >= 4 is 11.6 Å². The summed E-state index contributed by atoms with van der Waals surface area (Å²) in [5, 5.41) is 2.99. The minimum atomic E-state index is -0.413. The van der Waals surface area contributed by atoms with Gasteiger partial charge in [0.05, 0.1) is 23.1 Å². The van der Waals surface area contributed by atoms with Crippen LogP contribution in [0.15, 0.2) is 53.8 Å². The predicted molar refractivity (Wildman–Crippen MR) is 112 cm³/mol. The lowest BCUT2D eigenvalue weighted by molar-refractivity contribution is 0.0945. The molecule has 2 aromatic carbocycles. The third-order valence-electron chi connectivity index (χ3n) is 5.46. The van der Waals surface area contributed by atoms with Gasteiger partial charge in [-0.1, -0.05) is 18.1 Å². The third kappa shape index (κ3) is 3.00. The van der Waals surface area contributed by atoms with Gasteiger partial charge in [-0.15, -0.1) is 6.42 Å². The largest absolute Gasteiger partial charge is 0.348 e. The van der Waals surface area contributed by atoms with Gasteiger partial charge in [0.2, 0.25) is 0 Å². The molecule has 6 heteroatoms. The van der Waals surface area contributed by atoms with Crippen molar-refractivity contribution in [3.63, 3.8) is 0 Å². The van der Waals surface area contributed by atoms with Crippen molar-refractivity contribution < 1.29 is 9.18 Å². The Kier molecular flexibility index (Phi) is 4.25. The van der Waals surface area contributed by atoms with Gasteiger partial charge in [0.1, 0.15) is 12.1 Å². The molecule has 1 saturated carbocycles. The van der Waals surface area contributed by atoms with Crippen LogP contribution in [0.25, 0.3) is 5.69 Å². The summed E-state index contributed by atoms with van der Waals surface area (Å²) in [4.78, 5) is 22.0. The molecule has 1 N–H and O–H groups in total. The molecule has 0 radical (unpaired) electrons. The molecule has 1 unspecified atom stereocenters. The monoisotopic (exact) mass is 398 g/mol. The van der Waals surface area contributed by atoms with E-state index in [4.69, 9.17) is 11.4 Å². The number of aromatic nitrogens is 2. The topological polar surface area (TPSA) is 59.3 Å². The zero-order chi connectivity index (χ0) is 20.8. The summed E-state index contributed by atoms with van der Waals surface area (Å²) in [6.45, 7) is 1.89.